The average molecular weight is 323 g/mol. The lowest BCUT2D eigenvalue weighted by atomic mass is 9.81. The molecule has 24 heavy (non-hydrogen) atoms. The van der Waals surface area contributed by atoms with E-state index in [0.29, 0.717) is 12.0 Å². The van der Waals surface area contributed by atoms with Crippen LogP contribution in [0, 0.1) is 5.41 Å². The molecule has 2 N–H and O–H groups in total. The molecule has 2 heterocycles. The molecule has 3 rings (SSSR count). The Morgan fingerprint density at radius 3 is 2.88 bits per heavy atom. The minimum Gasteiger partial charge on any atom is -0.325 e. The monoisotopic (exact) mass is 323 g/mol. The molecule has 0 saturated carbocycles. The van der Waals surface area contributed by atoms with Crippen LogP contribution in [0.5, 0.6) is 0 Å². The van der Waals surface area contributed by atoms with Crippen molar-refractivity contribution >= 4 is 23.2 Å². The van der Waals surface area contributed by atoms with Gasteiger partial charge in [0, 0.05) is 34.7 Å². The van der Waals surface area contributed by atoms with Crippen molar-refractivity contribution in [1.29, 1.82) is 0 Å². The molecule has 1 aromatic heterocycles. The molecule has 0 unspecified atom stereocenters. The topological polar surface area (TPSA) is 71.1 Å². The van der Waals surface area contributed by atoms with E-state index in [9.17, 15) is 9.59 Å². The van der Waals surface area contributed by atoms with Crippen LogP contribution >= 0.6 is 0 Å². The number of aryl methyl sites for hydroxylation is 1. The zero-order valence-electron chi connectivity index (χ0n) is 14.1. The van der Waals surface area contributed by atoms with Gasteiger partial charge in [-0.05, 0) is 48.2 Å². The first-order chi connectivity index (χ1) is 11.4. The van der Waals surface area contributed by atoms with Crippen LogP contribution in [0.4, 0.5) is 11.4 Å². The Bertz CT molecular complexity index is 812. The van der Waals surface area contributed by atoms with E-state index in [1.165, 1.54) is 0 Å². The highest BCUT2D eigenvalue weighted by molar-refractivity contribution is 6.05. The van der Waals surface area contributed by atoms with Gasteiger partial charge in [0.05, 0.1) is 0 Å². The number of pyridine rings is 1. The predicted octanol–water partition coefficient (Wildman–Crippen LogP) is 3.42. The summed E-state index contributed by atoms with van der Waals surface area (Å²) in [4.78, 5) is 28.6. The van der Waals surface area contributed by atoms with E-state index in [-0.39, 0.29) is 11.8 Å². The summed E-state index contributed by atoms with van der Waals surface area (Å²) in [6.07, 6.45) is 4.74. The molecule has 0 bridgehead atoms. The number of hydrogen-bond donors (Lipinski definition) is 2. The lowest BCUT2D eigenvalue weighted by molar-refractivity contribution is -0.124. The average Bonchev–Trinajstić information content (AvgIpc) is 2.55. The van der Waals surface area contributed by atoms with Crippen LogP contribution in [0.3, 0.4) is 0 Å². The molecule has 0 fully saturated rings. The van der Waals surface area contributed by atoms with E-state index in [1.807, 2.05) is 39.0 Å². The van der Waals surface area contributed by atoms with Gasteiger partial charge in [0.15, 0.2) is 0 Å². The normalized spacial score (nSPS) is 15.4. The highest BCUT2D eigenvalue weighted by Gasteiger charge is 2.33. The molecule has 1 aromatic carbocycles. The Hall–Kier alpha value is -2.69. The van der Waals surface area contributed by atoms with Crippen molar-refractivity contribution < 1.29 is 9.59 Å². The van der Waals surface area contributed by atoms with Crippen LogP contribution < -0.4 is 10.6 Å². The van der Waals surface area contributed by atoms with E-state index >= 15 is 0 Å². The number of amides is 2. The Morgan fingerprint density at radius 2 is 2.12 bits per heavy atom. The Morgan fingerprint density at radius 1 is 1.33 bits per heavy atom. The lowest BCUT2D eigenvalue weighted by Gasteiger charge is -2.30. The van der Waals surface area contributed by atoms with Gasteiger partial charge in [0.2, 0.25) is 5.91 Å². The van der Waals surface area contributed by atoms with Gasteiger partial charge in [0.25, 0.3) is 5.91 Å². The van der Waals surface area contributed by atoms with Crippen LogP contribution in [0.15, 0.2) is 36.7 Å². The Kier molecular flexibility index (Phi) is 4.09. The van der Waals surface area contributed by atoms with Gasteiger partial charge < -0.3 is 10.6 Å². The molecule has 0 aliphatic carbocycles. The molecular weight excluding hydrogens is 302 g/mol. The van der Waals surface area contributed by atoms with Crippen molar-refractivity contribution in [2.45, 2.75) is 33.6 Å². The highest BCUT2D eigenvalue weighted by Crippen LogP contribution is 2.34. The minimum absolute atomic E-state index is 0.0242. The molecule has 124 valence electrons. The summed E-state index contributed by atoms with van der Waals surface area (Å²) >= 11 is 0. The number of nitrogens with one attached hydrogen (secondary N) is 2. The number of nitrogens with zero attached hydrogens (tertiary/aromatic N) is 1. The van der Waals surface area contributed by atoms with E-state index in [2.05, 4.69) is 15.6 Å². The number of hydrogen-bond acceptors (Lipinski definition) is 3. The van der Waals surface area contributed by atoms with E-state index in [0.717, 1.165) is 28.9 Å². The molecule has 2 amide bonds. The number of carbonyl (C=O) groups is 2. The van der Waals surface area contributed by atoms with Crippen molar-refractivity contribution in [3.63, 3.8) is 0 Å². The van der Waals surface area contributed by atoms with Crippen molar-refractivity contribution in [2.24, 2.45) is 5.41 Å². The fraction of sp³-hybridized carbons (Fsp3) is 0.316. The summed E-state index contributed by atoms with van der Waals surface area (Å²) in [5.74, 6) is -0.121. The van der Waals surface area contributed by atoms with Gasteiger partial charge in [-0.25, -0.2) is 0 Å². The predicted molar refractivity (Wildman–Crippen MR) is 94.1 cm³/mol. The smallest absolute Gasteiger partial charge is 0.256 e. The van der Waals surface area contributed by atoms with Crippen molar-refractivity contribution in [3.05, 3.63) is 53.3 Å². The quantitative estimate of drug-likeness (QED) is 0.909. The number of carbonyl (C=O) groups excluding carboxylic acids is 2. The van der Waals surface area contributed by atoms with Crippen molar-refractivity contribution in [1.82, 2.24) is 4.98 Å². The van der Waals surface area contributed by atoms with E-state index in [1.54, 1.807) is 18.5 Å². The van der Waals surface area contributed by atoms with E-state index in [4.69, 9.17) is 0 Å². The van der Waals surface area contributed by atoms with Gasteiger partial charge in [-0.1, -0.05) is 20.8 Å². The Labute approximate surface area is 141 Å². The summed E-state index contributed by atoms with van der Waals surface area (Å²) < 4.78 is 0. The van der Waals surface area contributed by atoms with Crippen LogP contribution in [-0.4, -0.2) is 16.8 Å². The first-order valence-corrected chi connectivity index (χ1v) is 8.09. The molecule has 0 atom stereocenters. The fourth-order valence-corrected chi connectivity index (χ4v) is 2.92. The lowest BCUT2D eigenvalue weighted by Crippen LogP contribution is -2.37. The second-order valence-electron chi connectivity index (χ2n) is 6.73. The van der Waals surface area contributed by atoms with Crippen LogP contribution in [0.2, 0.25) is 0 Å². The number of anilines is 2. The minimum atomic E-state index is -0.448. The Balaban J connectivity index is 1.84. The maximum Gasteiger partial charge on any atom is 0.256 e. The SMILES string of the molecule is CCc1cnccc1C(=O)Nc1ccc2c(c1)CC(C)(C)C(=O)N2. The molecule has 1 aliphatic heterocycles. The van der Waals surface area contributed by atoms with Gasteiger partial charge in [0.1, 0.15) is 0 Å². The second kappa shape index (κ2) is 6.07. The van der Waals surface area contributed by atoms with Gasteiger partial charge in [-0.3, -0.25) is 14.6 Å². The summed E-state index contributed by atoms with van der Waals surface area (Å²) in [7, 11) is 0. The van der Waals surface area contributed by atoms with Gasteiger partial charge >= 0.3 is 0 Å². The molecule has 0 saturated heterocycles. The summed E-state index contributed by atoms with van der Waals surface area (Å²) in [5.41, 5.74) is 3.68. The molecule has 1 aliphatic rings. The van der Waals surface area contributed by atoms with Crippen LogP contribution in [0.25, 0.3) is 0 Å². The number of aromatic nitrogens is 1. The summed E-state index contributed by atoms with van der Waals surface area (Å²) in [5, 5.41) is 5.86. The van der Waals surface area contributed by atoms with Crippen LogP contribution in [0.1, 0.15) is 42.3 Å². The summed E-state index contributed by atoms with van der Waals surface area (Å²) in [6.45, 7) is 5.83. The largest absolute Gasteiger partial charge is 0.325 e. The zero-order chi connectivity index (χ0) is 17.3. The first kappa shape index (κ1) is 16.2. The third-order valence-corrected chi connectivity index (χ3v) is 4.39. The highest BCUT2D eigenvalue weighted by atomic mass is 16.2. The summed E-state index contributed by atoms with van der Waals surface area (Å²) in [6, 6.07) is 7.31. The standard InChI is InChI=1S/C19H21N3O2/c1-4-12-11-20-8-7-15(12)17(23)21-14-5-6-16-13(9-14)10-19(2,3)18(24)22-16/h5-9,11H,4,10H2,1-3H3,(H,21,23)(H,22,24). The van der Waals surface area contributed by atoms with Gasteiger partial charge in [-0.15, -0.1) is 0 Å². The maximum absolute atomic E-state index is 12.5. The third kappa shape index (κ3) is 3.02. The number of benzene rings is 1. The molecule has 5 heteroatoms. The van der Waals surface area contributed by atoms with Crippen molar-refractivity contribution in [2.75, 3.05) is 10.6 Å². The number of fused-ring (bicyclic) bond motifs is 1. The molecule has 5 nitrogen and oxygen atoms in total. The maximum atomic E-state index is 12.5. The fourth-order valence-electron chi connectivity index (χ4n) is 2.92. The van der Waals surface area contributed by atoms with Crippen molar-refractivity contribution in [3.8, 4) is 0 Å². The zero-order valence-corrected chi connectivity index (χ0v) is 14.1. The molecular formula is C19H21N3O2. The number of rotatable bonds is 3. The molecule has 2 aromatic rings. The van der Waals surface area contributed by atoms with Gasteiger partial charge in [-0.2, -0.15) is 0 Å². The molecule has 0 radical (unpaired) electrons. The second-order valence-corrected chi connectivity index (χ2v) is 6.73. The molecule has 0 spiro atoms. The third-order valence-electron chi connectivity index (χ3n) is 4.39. The first-order valence-electron chi connectivity index (χ1n) is 8.09. The van der Waals surface area contributed by atoms with Crippen LogP contribution in [-0.2, 0) is 17.6 Å². The van der Waals surface area contributed by atoms with E-state index < -0.39 is 5.41 Å².